The zero-order valence-corrected chi connectivity index (χ0v) is 18.2. The highest BCUT2D eigenvalue weighted by molar-refractivity contribution is 5.84. The quantitative estimate of drug-likeness (QED) is 0.415. The predicted molar refractivity (Wildman–Crippen MR) is 117 cm³/mol. The van der Waals surface area contributed by atoms with Crippen molar-refractivity contribution in [3.8, 4) is 0 Å². The van der Waals surface area contributed by atoms with Crippen molar-refractivity contribution >= 4 is 28.9 Å². The number of aryl methyl sites for hydroxylation is 1. The lowest BCUT2D eigenvalue weighted by Gasteiger charge is -2.27. The van der Waals surface area contributed by atoms with Gasteiger partial charge in [-0.15, -0.1) is 0 Å². The second-order valence-electron chi connectivity index (χ2n) is 7.48. The van der Waals surface area contributed by atoms with Crippen molar-refractivity contribution in [1.29, 1.82) is 0 Å². The van der Waals surface area contributed by atoms with Crippen LogP contribution in [0.2, 0.25) is 0 Å². The number of unbranched alkanes of at least 4 members (excludes halogenated alkanes) is 3. The van der Waals surface area contributed by atoms with Crippen LogP contribution in [0.15, 0.2) is 6.33 Å². The minimum atomic E-state index is -0.115. The van der Waals surface area contributed by atoms with Crippen molar-refractivity contribution in [1.82, 2.24) is 19.5 Å². The van der Waals surface area contributed by atoms with E-state index in [1.165, 1.54) is 0 Å². The largest absolute Gasteiger partial charge is 0.466 e. The van der Waals surface area contributed by atoms with Crippen LogP contribution in [-0.4, -0.2) is 64.9 Å². The van der Waals surface area contributed by atoms with E-state index in [4.69, 9.17) is 19.4 Å². The minimum absolute atomic E-state index is 0.115. The van der Waals surface area contributed by atoms with E-state index < -0.39 is 0 Å². The molecule has 3 heterocycles. The summed E-state index contributed by atoms with van der Waals surface area (Å²) < 4.78 is 12.6. The van der Waals surface area contributed by atoms with Crippen molar-refractivity contribution < 1.29 is 14.3 Å². The molecule has 1 N–H and O–H groups in total. The molecule has 0 bridgehead atoms. The molecule has 2 aromatic rings. The van der Waals surface area contributed by atoms with E-state index in [-0.39, 0.29) is 5.97 Å². The summed E-state index contributed by atoms with van der Waals surface area (Å²) in [7, 11) is 0. The highest BCUT2D eigenvalue weighted by Gasteiger charge is 2.19. The topological polar surface area (TPSA) is 94.4 Å². The Labute approximate surface area is 178 Å². The van der Waals surface area contributed by atoms with E-state index in [1.54, 1.807) is 0 Å². The molecule has 1 fully saturated rings. The highest BCUT2D eigenvalue weighted by Crippen LogP contribution is 2.23. The van der Waals surface area contributed by atoms with Gasteiger partial charge in [0.2, 0.25) is 5.95 Å². The molecule has 0 unspecified atom stereocenters. The van der Waals surface area contributed by atoms with Gasteiger partial charge in [-0.05, 0) is 26.2 Å². The number of carbonyl (C=O) groups is 1. The number of rotatable bonds is 12. The number of anilines is 2. The minimum Gasteiger partial charge on any atom is -0.466 e. The molecule has 1 saturated heterocycles. The van der Waals surface area contributed by atoms with E-state index in [9.17, 15) is 4.79 Å². The lowest BCUT2D eigenvalue weighted by molar-refractivity contribution is -0.143. The maximum absolute atomic E-state index is 11.4. The van der Waals surface area contributed by atoms with Crippen LogP contribution in [0.4, 0.5) is 11.8 Å². The van der Waals surface area contributed by atoms with Crippen molar-refractivity contribution in [2.24, 2.45) is 0 Å². The third-order valence-electron chi connectivity index (χ3n) is 5.15. The lowest BCUT2D eigenvalue weighted by atomic mass is 10.2. The summed E-state index contributed by atoms with van der Waals surface area (Å²) in [6.45, 7) is 9.12. The SMILES string of the molecule is CCCCn1cnc2c(NCCCCCC(=O)OCC)nc(N3CCOCC3)nc21. The second-order valence-corrected chi connectivity index (χ2v) is 7.48. The molecule has 1 aliphatic rings. The number of imidazole rings is 1. The van der Waals surface area contributed by atoms with Crippen LogP contribution < -0.4 is 10.2 Å². The number of hydrogen-bond donors (Lipinski definition) is 1. The van der Waals surface area contributed by atoms with Crippen molar-refractivity contribution in [2.75, 3.05) is 49.7 Å². The van der Waals surface area contributed by atoms with Gasteiger partial charge in [0.05, 0.1) is 26.1 Å². The van der Waals surface area contributed by atoms with E-state index in [0.717, 1.165) is 81.2 Å². The van der Waals surface area contributed by atoms with Crippen LogP contribution in [0, 0.1) is 0 Å². The molecule has 9 nitrogen and oxygen atoms in total. The van der Waals surface area contributed by atoms with Gasteiger partial charge in [-0.1, -0.05) is 19.8 Å². The molecule has 30 heavy (non-hydrogen) atoms. The molecular formula is C21H34N6O3. The molecule has 0 spiro atoms. The number of nitrogens with zero attached hydrogens (tertiary/aromatic N) is 5. The molecule has 166 valence electrons. The molecule has 0 saturated carbocycles. The molecule has 0 aromatic carbocycles. The molecule has 2 aromatic heterocycles. The number of hydrogen-bond acceptors (Lipinski definition) is 8. The first-order valence-corrected chi connectivity index (χ1v) is 11.2. The first-order chi connectivity index (χ1) is 14.7. The average Bonchev–Trinajstić information content (AvgIpc) is 3.18. The number of carbonyl (C=O) groups excluding carboxylic acids is 1. The Morgan fingerprint density at radius 3 is 2.77 bits per heavy atom. The highest BCUT2D eigenvalue weighted by atomic mass is 16.5. The van der Waals surface area contributed by atoms with Crippen LogP contribution in [-0.2, 0) is 20.8 Å². The Bertz CT molecular complexity index is 803. The molecule has 0 radical (unpaired) electrons. The first-order valence-electron chi connectivity index (χ1n) is 11.2. The Morgan fingerprint density at radius 2 is 2.00 bits per heavy atom. The van der Waals surface area contributed by atoms with Crippen molar-refractivity contribution in [2.45, 2.75) is 58.9 Å². The summed E-state index contributed by atoms with van der Waals surface area (Å²) in [5.41, 5.74) is 1.69. The number of morpholine rings is 1. The molecule has 0 amide bonds. The summed E-state index contributed by atoms with van der Waals surface area (Å²) in [6.07, 6.45) is 7.31. The van der Waals surface area contributed by atoms with Crippen LogP contribution >= 0.6 is 0 Å². The number of ether oxygens (including phenoxy) is 2. The molecule has 0 aliphatic carbocycles. The standard InChI is InChI=1S/C21H34N6O3/c1-3-5-11-27-16-23-18-19(22-10-8-6-7-9-17(28)30-4-2)24-21(25-20(18)27)26-12-14-29-15-13-26/h16H,3-15H2,1-2H3,(H,22,24,25). The smallest absolute Gasteiger partial charge is 0.305 e. The van der Waals surface area contributed by atoms with Crippen LogP contribution in [0.25, 0.3) is 11.2 Å². The summed E-state index contributed by atoms with van der Waals surface area (Å²) in [4.78, 5) is 27.8. The zero-order valence-electron chi connectivity index (χ0n) is 18.2. The van der Waals surface area contributed by atoms with Crippen molar-refractivity contribution in [3.05, 3.63) is 6.33 Å². The van der Waals surface area contributed by atoms with Crippen molar-refractivity contribution in [3.63, 3.8) is 0 Å². The van der Waals surface area contributed by atoms with Gasteiger partial charge in [-0.3, -0.25) is 4.79 Å². The van der Waals surface area contributed by atoms with Crippen LogP contribution in [0.5, 0.6) is 0 Å². The van der Waals surface area contributed by atoms with Gasteiger partial charge in [0.1, 0.15) is 0 Å². The van der Waals surface area contributed by atoms with Gasteiger partial charge in [0, 0.05) is 32.6 Å². The Kier molecular flexibility index (Phi) is 8.67. The van der Waals surface area contributed by atoms with E-state index >= 15 is 0 Å². The number of fused-ring (bicyclic) bond motifs is 1. The van der Waals surface area contributed by atoms with Crippen LogP contribution in [0.3, 0.4) is 0 Å². The fourth-order valence-electron chi connectivity index (χ4n) is 3.46. The summed E-state index contributed by atoms with van der Waals surface area (Å²) >= 11 is 0. The van der Waals surface area contributed by atoms with Gasteiger partial charge in [0.15, 0.2) is 17.0 Å². The van der Waals surface area contributed by atoms with E-state index in [0.29, 0.717) is 26.2 Å². The van der Waals surface area contributed by atoms with E-state index in [1.807, 2.05) is 13.3 Å². The molecule has 3 rings (SSSR count). The van der Waals surface area contributed by atoms with Gasteiger partial charge in [-0.2, -0.15) is 9.97 Å². The molecule has 1 aliphatic heterocycles. The number of esters is 1. The third kappa shape index (κ3) is 6.04. The third-order valence-corrected chi connectivity index (χ3v) is 5.15. The Hall–Kier alpha value is -2.42. The second kappa shape index (κ2) is 11.7. The Morgan fingerprint density at radius 1 is 1.17 bits per heavy atom. The fourth-order valence-corrected chi connectivity index (χ4v) is 3.46. The van der Waals surface area contributed by atoms with E-state index in [2.05, 4.69) is 26.7 Å². The molecule has 9 heteroatoms. The Balaban J connectivity index is 1.65. The maximum Gasteiger partial charge on any atom is 0.305 e. The molecule has 0 atom stereocenters. The maximum atomic E-state index is 11.4. The average molecular weight is 419 g/mol. The van der Waals surface area contributed by atoms with Gasteiger partial charge in [-0.25, -0.2) is 4.98 Å². The fraction of sp³-hybridized carbons (Fsp3) is 0.714. The van der Waals surface area contributed by atoms with Crippen LogP contribution in [0.1, 0.15) is 52.4 Å². The number of nitrogens with one attached hydrogen (secondary N) is 1. The normalized spacial score (nSPS) is 14.3. The van der Waals surface area contributed by atoms with Gasteiger partial charge < -0.3 is 24.3 Å². The monoisotopic (exact) mass is 418 g/mol. The zero-order chi connectivity index (χ0) is 21.2. The summed E-state index contributed by atoms with van der Waals surface area (Å²) in [5.74, 6) is 1.40. The number of aromatic nitrogens is 4. The first kappa shape index (κ1) is 22.3. The van der Waals surface area contributed by atoms with Gasteiger partial charge >= 0.3 is 5.97 Å². The lowest BCUT2D eigenvalue weighted by Crippen LogP contribution is -2.37. The summed E-state index contributed by atoms with van der Waals surface area (Å²) in [6, 6.07) is 0. The predicted octanol–water partition coefficient (Wildman–Crippen LogP) is 3.00. The molecular weight excluding hydrogens is 384 g/mol. The summed E-state index contributed by atoms with van der Waals surface area (Å²) in [5, 5.41) is 3.45. The van der Waals surface area contributed by atoms with Gasteiger partial charge in [0.25, 0.3) is 0 Å².